The monoisotopic (exact) mass is 361 g/mol. The highest BCUT2D eigenvalue weighted by molar-refractivity contribution is 7.92. The molecule has 0 radical (unpaired) electrons. The SMILES string of the molecule is CCCCc1ccc(NS(=O)(=O)c2cc(C(C)C)ccc2OC)cc1. The lowest BCUT2D eigenvalue weighted by atomic mass is 10.0. The first-order chi connectivity index (χ1) is 11.9. The van der Waals surface area contributed by atoms with Gasteiger partial charge in [-0.05, 0) is 54.2 Å². The highest BCUT2D eigenvalue weighted by Gasteiger charge is 2.21. The number of hydrogen-bond donors (Lipinski definition) is 1. The number of hydrogen-bond acceptors (Lipinski definition) is 3. The van der Waals surface area contributed by atoms with Crippen molar-refractivity contribution < 1.29 is 13.2 Å². The molecular formula is C20H27NO3S. The molecule has 4 nitrogen and oxygen atoms in total. The van der Waals surface area contributed by atoms with Crippen molar-refractivity contribution in [2.75, 3.05) is 11.8 Å². The number of rotatable bonds is 8. The zero-order valence-electron chi connectivity index (χ0n) is 15.4. The molecule has 0 unspecified atom stereocenters. The summed E-state index contributed by atoms with van der Waals surface area (Å²) < 4.78 is 33.5. The molecule has 0 amide bonds. The van der Waals surface area contributed by atoms with E-state index in [-0.39, 0.29) is 10.8 Å². The molecule has 0 aliphatic heterocycles. The Morgan fingerprint density at radius 1 is 1.08 bits per heavy atom. The molecule has 0 heterocycles. The topological polar surface area (TPSA) is 55.4 Å². The van der Waals surface area contributed by atoms with E-state index in [1.165, 1.54) is 12.7 Å². The van der Waals surface area contributed by atoms with Crippen LogP contribution in [0.4, 0.5) is 5.69 Å². The average Bonchev–Trinajstić information content (AvgIpc) is 2.60. The van der Waals surface area contributed by atoms with Crippen LogP contribution in [-0.4, -0.2) is 15.5 Å². The van der Waals surface area contributed by atoms with Crippen LogP contribution in [0.2, 0.25) is 0 Å². The maximum absolute atomic E-state index is 12.8. The van der Waals surface area contributed by atoms with E-state index in [0.717, 1.165) is 24.8 Å². The quantitative estimate of drug-likeness (QED) is 0.723. The second kappa shape index (κ2) is 8.39. The summed E-state index contributed by atoms with van der Waals surface area (Å²) >= 11 is 0. The van der Waals surface area contributed by atoms with Gasteiger partial charge in [0.05, 0.1) is 7.11 Å². The van der Waals surface area contributed by atoms with Gasteiger partial charge in [-0.2, -0.15) is 0 Å². The van der Waals surface area contributed by atoms with Crippen LogP contribution in [0.25, 0.3) is 0 Å². The van der Waals surface area contributed by atoms with Gasteiger partial charge in [0.1, 0.15) is 10.6 Å². The van der Waals surface area contributed by atoms with Gasteiger partial charge in [-0.3, -0.25) is 4.72 Å². The zero-order chi connectivity index (χ0) is 18.4. The first-order valence-corrected chi connectivity index (χ1v) is 10.2. The molecule has 0 atom stereocenters. The molecule has 136 valence electrons. The summed E-state index contributed by atoms with van der Waals surface area (Å²) in [5.74, 6) is 0.578. The van der Waals surface area contributed by atoms with E-state index in [9.17, 15) is 8.42 Å². The smallest absolute Gasteiger partial charge is 0.265 e. The van der Waals surface area contributed by atoms with Gasteiger partial charge < -0.3 is 4.74 Å². The molecule has 0 saturated carbocycles. The van der Waals surface area contributed by atoms with E-state index in [1.807, 2.05) is 32.0 Å². The van der Waals surface area contributed by atoms with Gasteiger partial charge in [0.15, 0.2) is 0 Å². The molecule has 0 spiro atoms. The second-order valence-electron chi connectivity index (χ2n) is 6.47. The van der Waals surface area contributed by atoms with Crippen LogP contribution >= 0.6 is 0 Å². The lowest BCUT2D eigenvalue weighted by molar-refractivity contribution is 0.402. The Balaban J connectivity index is 2.28. The number of benzene rings is 2. The fourth-order valence-corrected chi connectivity index (χ4v) is 3.86. The zero-order valence-corrected chi connectivity index (χ0v) is 16.2. The molecule has 0 saturated heterocycles. The van der Waals surface area contributed by atoms with Gasteiger partial charge in [-0.15, -0.1) is 0 Å². The van der Waals surface area contributed by atoms with Gasteiger partial charge >= 0.3 is 0 Å². The summed E-state index contributed by atoms with van der Waals surface area (Å²) in [6.45, 7) is 6.21. The summed E-state index contributed by atoms with van der Waals surface area (Å²) in [5.41, 5.74) is 2.72. The Bertz CT molecular complexity index is 796. The van der Waals surface area contributed by atoms with E-state index < -0.39 is 10.0 Å². The summed E-state index contributed by atoms with van der Waals surface area (Å²) in [6, 6.07) is 12.8. The number of sulfonamides is 1. The third kappa shape index (κ3) is 4.98. The van der Waals surface area contributed by atoms with Crippen LogP contribution in [-0.2, 0) is 16.4 Å². The number of ether oxygens (including phenoxy) is 1. The maximum Gasteiger partial charge on any atom is 0.265 e. The van der Waals surface area contributed by atoms with Crippen molar-refractivity contribution in [3.05, 3.63) is 53.6 Å². The van der Waals surface area contributed by atoms with Crippen LogP contribution in [0.15, 0.2) is 47.4 Å². The van der Waals surface area contributed by atoms with E-state index in [2.05, 4.69) is 11.6 Å². The molecule has 1 N–H and O–H groups in total. The highest BCUT2D eigenvalue weighted by Crippen LogP contribution is 2.29. The summed E-state index contributed by atoms with van der Waals surface area (Å²) in [7, 11) is -2.24. The number of nitrogens with one attached hydrogen (secondary N) is 1. The predicted molar refractivity (Wildman–Crippen MR) is 103 cm³/mol. The number of unbranched alkanes of at least 4 members (excludes halogenated alkanes) is 1. The molecule has 25 heavy (non-hydrogen) atoms. The normalized spacial score (nSPS) is 11.6. The first-order valence-electron chi connectivity index (χ1n) is 8.67. The molecule has 2 aromatic carbocycles. The second-order valence-corrected chi connectivity index (χ2v) is 8.12. The molecule has 5 heteroatoms. The van der Waals surface area contributed by atoms with Gasteiger partial charge in [0, 0.05) is 5.69 Å². The minimum atomic E-state index is -3.72. The molecule has 2 aromatic rings. The molecule has 0 aliphatic carbocycles. The fraction of sp³-hybridized carbons (Fsp3) is 0.400. The van der Waals surface area contributed by atoms with Crippen molar-refractivity contribution in [3.8, 4) is 5.75 Å². The average molecular weight is 362 g/mol. The maximum atomic E-state index is 12.8. The third-order valence-corrected chi connectivity index (χ3v) is 5.57. The minimum Gasteiger partial charge on any atom is -0.495 e. The van der Waals surface area contributed by atoms with Crippen molar-refractivity contribution in [2.45, 2.75) is 50.8 Å². The van der Waals surface area contributed by atoms with Crippen molar-refractivity contribution in [2.24, 2.45) is 0 Å². The Morgan fingerprint density at radius 2 is 1.76 bits per heavy atom. The predicted octanol–water partition coefficient (Wildman–Crippen LogP) is 4.96. The molecule has 0 fully saturated rings. The Labute approximate surface area is 151 Å². The number of anilines is 1. The fourth-order valence-electron chi connectivity index (χ4n) is 2.59. The van der Waals surface area contributed by atoms with Crippen LogP contribution < -0.4 is 9.46 Å². The van der Waals surface area contributed by atoms with Crippen LogP contribution in [0.1, 0.15) is 50.7 Å². The van der Waals surface area contributed by atoms with E-state index in [1.54, 1.807) is 24.3 Å². The van der Waals surface area contributed by atoms with Crippen LogP contribution in [0.5, 0.6) is 5.75 Å². The number of aryl methyl sites for hydroxylation is 1. The van der Waals surface area contributed by atoms with Crippen molar-refractivity contribution in [1.82, 2.24) is 0 Å². The van der Waals surface area contributed by atoms with Gasteiger partial charge in [0.25, 0.3) is 10.0 Å². The molecule has 2 rings (SSSR count). The molecular weight excluding hydrogens is 334 g/mol. The van der Waals surface area contributed by atoms with Crippen LogP contribution in [0, 0.1) is 0 Å². The molecule has 0 aromatic heterocycles. The van der Waals surface area contributed by atoms with E-state index >= 15 is 0 Å². The molecule has 0 bridgehead atoms. The Hall–Kier alpha value is -2.01. The van der Waals surface area contributed by atoms with Gasteiger partial charge in [-0.1, -0.05) is 45.4 Å². The van der Waals surface area contributed by atoms with Gasteiger partial charge in [-0.25, -0.2) is 8.42 Å². The van der Waals surface area contributed by atoms with E-state index in [0.29, 0.717) is 11.4 Å². The highest BCUT2D eigenvalue weighted by atomic mass is 32.2. The third-order valence-electron chi connectivity index (χ3n) is 4.17. The van der Waals surface area contributed by atoms with Crippen molar-refractivity contribution >= 4 is 15.7 Å². The van der Waals surface area contributed by atoms with E-state index in [4.69, 9.17) is 4.74 Å². The van der Waals surface area contributed by atoms with Crippen LogP contribution in [0.3, 0.4) is 0 Å². The summed E-state index contributed by atoms with van der Waals surface area (Å²) in [6.07, 6.45) is 3.28. The lowest BCUT2D eigenvalue weighted by Gasteiger charge is -2.14. The van der Waals surface area contributed by atoms with Gasteiger partial charge in [0.2, 0.25) is 0 Å². The molecule has 0 aliphatic rings. The minimum absolute atomic E-state index is 0.163. The first kappa shape index (κ1) is 19.3. The summed E-state index contributed by atoms with van der Waals surface area (Å²) in [4.78, 5) is 0.163. The summed E-state index contributed by atoms with van der Waals surface area (Å²) in [5, 5.41) is 0. The standard InChI is InChI=1S/C20H27NO3S/c1-5-6-7-16-8-11-18(12-9-16)21-25(22,23)20-14-17(15(2)3)10-13-19(20)24-4/h8-15,21H,5-7H2,1-4H3. The van der Waals surface area contributed by atoms with Crippen molar-refractivity contribution in [1.29, 1.82) is 0 Å². The number of methoxy groups -OCH3 is 1. The van der Waals surface area contributed by atoms with Crippen molar-refractivity contribution in [3.63, 3.8) is 0 Å². The lowest BCUT2D eigenvalue weighted by Crippen LogP contribution is -2.14. The largest absolute Gasteiger partial charge is 0.495 e. The Kier molecular flexibility index (Phi) is 6.48. The Morgan fingerprint density at radius 3 is 2.32 bits per heavy atom.